The van der Waals surface area contributed by atoms with Gasteiger partial charge in [0, 0.05) is 28.5 Å². The topological polar surface area (TPSA) is 92.3 Å². The maximum absolute atomic E-state index is 11.4. The lowest BCUT2D eigenvalue weighted by Crippen LogP contribution is -2.40. The molecule has 0 amide bonds. The Balaban J connectivity index is 2.67. The molecule has 5 nitrogen and oxygen atoms in total. The molecule has 0 fully saturated rings. The lowest BCUT2D eigenvalue weighted by Gasteiger charge is -2.33. The van der Waals surface area contributed by atoms with Crippen LogP contribution in [0.4, 0.5) is 0 Å². The van der Waals surface area contributed by atoms with Crippen molar-refractivity contribution in [2.24, 2.45) is 0 Å². The molecule has 0 saturated carbocycles. The number of allylic oxidation sites excluding steroid dienone is 2. The Morgan fingerprint density at radius 1 is 0.950 bits per heavy atom. The van der Waals surface area contributed by atoms with Gasteiger partial charge in [0.2, 0.25) is 0 Å². The maximum Gasteiger partial charge on any atom is 0.0701 e. The Kier molecular flexibility index (Phi) is 3.61. The molecule has 1 aliphatic rings. The van der Waals surface area contributed by atoms with E-state index in [1.165, 1.54) is 0 Å². The number of carbonyl (C=O) groups excluding carboxylic acids is 2. The number of aliphatic carboxylic acids is 2. The fraction of sp³-hybridized carbons (Fsp3) is 0.200. The average Bonchev–Trinajstić information content (AvgIpc) is 2.37. The summed E-state index contributed by atoms with van der Waals surface area (Å²) in [6, 6.07) is 8.59. The normalized spacial score (nSPS) is 16.1. The van der Waals surface area contributed by atoms with Gasteiger partial charge in [-0.05, 0) is 19.4 Å². The molecule has 1 heterocycles. The van der Waals surface area contributed by atoms with E-state index >= 15 is 0 Å². The number of hydrogen-bond donors (Lipinski definition) is 1. The van der Waals surface area contributed by atoms with Gasteiger partial charge < -0.3 is 25.1 Å². The summed E-state index contributed by atoms with van der Waals surface area (Å²) >= 11 is 0. The standard InChI is InChI=1S/C15H15NO4/c1-8-11(14(17)18)13(10-6-4-3-5-7-10)12(15(19)20)9(2)16-8/h3-7,13,16H,1-2H3,(H,17,18)(H,19,20)/p-2. The highest BCUT2D eigenvalue weighted by molar-refractivity contribution is 5.96. The molecule has 1 aromatic rings. The van der Waals surface area contributed by atoms with Crippen LogP contribution in [0.5, 0.6) is 0 Å². The Labute approximate surface area is 116 Å². The molecule has 0 bridgehead atoms. The molecule has 2 rings (SSSR count). The van der Waals surface area contributed by atoms with Crippen LogP contribution < -0.4 is 15.5 Å². The predicted octanol–water partition coefficient (Wildman–Crippen LogP) is -0.579. The molecule has 20 heavy (non-hydrogen) atoms. The monoisotopic (exact) mass is 271 g/mol. The van der Waals surface area contributed by atoms with Crippen molar-refractivity contribution in [1.29, 1.82) is 0 Å². The van der Waals surface area contributed by atoms with Crippen LogP contribution in [-0.2, 0) is 9.59 Å². The van der Waals surface area contributed by atoms with Crippen LogP contribution in [0.3, 0.4) is 0 Å². The van der Waals surface area contributed by atoms with Gasteiger partial charge in [0.15, 0.2) is 0 Å². The van der Waals surface area contributed by atoms with Crippen molar-refractivity contribution in [2.75, 3.05) is 0 Å². The highest BCUT2D eigenvalue weighted by Gasteiger charge is 2.30. The van der Waals surface area contributed by atoms with Gasteiger partial charge in [-0.25, -0.2) is 0 Å². The summed E-state index contributed by atoms with van der Waals surface area (Å²) in [7, 11) is 0. The molecule has 0 spiro atoms. The zero-order valence-corrected chi connectivity index (χ0v) is 11.1. The van der Waals surface area contributed by atoms with Gasteiger partial charge in [-0.3, -0.25) is 0 Å². The summed E-state index contributed by atoms with van der Waals surface area (Å²) in [4.78, 5) is 22.8. The minimum atomic E-state index is -1.39. The van der Waals surface area contributed by atoms with Crippen LogP contribution in [0.15, 0.2) is 52.9 Å². The van der Waals surface area contributed by atoms with Crippen molar-refractivity contribution in [3.8, 4) is 0 Å². The fourth-order valence-electron chi connectivity index (χ4n) is 2.51. The number of nitrogens with one attached hydrogen (secondary N) is 1. The molecule has 1 aromatic carbocycles. The molecular formula is C15H13NO4-2. The van der Waals surface area contributed by atoms with Crippen molar-refractivity contribution >= 4 is 11.9 Å². The van der Waals surface area contributed by atoms with Crippen LogP contribution in [0.2, 0.25) is 0 Å². The second kappa shape index (κ2) is 5.21. The summed E-state index contributed by atoms with van der Waals surface area (Å²) in [6.07, 6.45) is 0. The third-order valence-corrected chi connectivity index (χ3v) is 3.33. The Morgan fingerprint density at radius 2 is 1.40 bits per heavy atom. The van der Waals surface area contributed by atoms with Gasteiger partial charge in [-0.15, -0.1) is 0 Å². The molecule has 1 N–H and O–H groups in total. The summed E-state index contributed by atoms with van der Waals surface area (Å²) < 4.78 is 0. The Morgan fingerprint density at radius 3 is 1.80 bits per heavy atom. The second-order valence-corrected chi connectivity index (χ2v) is 4.62. The highest BCUT2D eigenvalue weighted by Crippen LogP contribution is 2.37. The predicted molar refractivity (Wildman–Crippen MR) is 67.7 cm³/mol. The van der Waals surface area contributed by atoms with Gasteiger partial charge in [0.1, 0.15) is 0 Å². The van der Waals surface area contributed by atoms with Crippen molar-refractivity contribution in [3.63, 3.8) is 0 Å². The van der Waals surface area contributed by atoms with E-state index in [-0.39, 0.29) is 11.1 Å². The van der Waals surface area contributed by atoms with Gasteiger partial charge in [0.05, 0.1) is 11.9 Å². The molecule has 0 aromatic heterocycles. The van der Waals surface area contributed by atoms with Gasteiger partial charge >= 0.3 is 0 Å². The van der Waals surface area contributed by atoms with Gasteiger partial charge in [-0.2, -0.15) is 0 Å². The van der Waals surface area contributed by atoms with Crippen molar-refractivity contribution in [1.82, 2.24) is 5.32 Å². The highest BCUT2D eigenvalue weighted by atomic mass is 16.4. The van der Waals surface area contributed by atoms with E-state index in [0.29, 0.717) is 17.0 Å². The SMILES string of the molecule is CC1=C(C(=O)[O-])C(c2ccccc2)C(C(=O)[O-])=C(C)N1. The minimum absolute atomic E-state index is 0.0824. The number of hydrogen-bond acceptors (Lipinski definition) is 5. The molecule has 0 aliphatic carbocycles. The summed E-state index contributed by atoms with van der Waals surface area (Å²) in [6.45, 7) is 3.16. The van der Waals surface area contributed by atoms with E-state index in [4.69, 9.17) is 0 Å². The summed E-state index contributed by atoms with van der Waals surface area (Å²) in [5, 5.41) is 25.5. The number of carboxylic acids is 2. The molecule has 0 atom stereocenters. The quantitative estimate of drug-likeness (QED) is 0.794. The van der Waals surface area contributed by atoms with Gasteiger partial charge in [-0.1, -0.05) is 30.3 Å². The zero-order valence-electron chi connectivity index (χ0n) is 11.1. The van der Waals surface area contributed by atoms with E-state index in [1.54, 1.807) is 44.2 Å². The lowest BCUT2D eigenvalue weighted by molar-refractivity contribution is -0.300. The smallest absolute Gasteiger partial charge is 0.0701 e. The van der Waals surface area contributed by atoms with Crippen LogP contribution in [0.25, 0.3) is 0 Å². The lowest BCUT2D eigenvalue weighted by atomic mass is 9.80. The Hall–Kier alpha value is -2.56. The number of rotatable bonds is 3. The van der Waals surface area contributed by atoms with E-state index in [1.807, 2.05) is 0 Å². The van der Waals surface area contributed by atoms with E-state index < -0.39 is 17.9 Å². The third kappa shape index (κ3) is 2.30. The first-order valence-corrected chi connectivity index (χ1v) is 6.09. The van der Waals surface area contributed by atoms with Crippen molar-refractivity contribution in [3.05, 3.63) is 58.4 Å². The fourth-order valence-corrected chi connectivity index (χ4v) is 2.51. The number of benzene rings is 1. The maximum atomic E-state index is 11.4. The van der Waals surface area contributed by atoms with Crippen LogP contribution in [0.1, 0.15) is 25.3 Å². The van der Waals surface area contributed by atoms with E-state index in [0.717, 1.165) is 0 Å². The number of carbonyl (C=O) groups is 2. The van der Waals surface area contributed by atoms with Crippen LogP contribution in [0, 0.1) is 0 Å². The van der Waals surface area contributed by atoms with Crippen LogP contribution in [-0.4, -0.2) is 11.9 Å². The molecule has 0 saturated heterocycles. The van der Waals surface area contributed by atoms with E-state index in [9.17, 15) is 19.8 Å². The summed E-state index contributed by atoms with van der Waals surface area (Å²) in [5.41, 5.74) is 1.16. The summed E-state index contributed by atoms with van der Waals surface area (Å²) in [5.74, 6) is -3.68. The van der Waals surface area contributed by atoms with Crippen LogP contribution >= 0.6 is 0 Å². The minimum Gasteiger partial charge on any atom is -0.545 e. The molecule has 1 aliphatic heterocycles. The molecule has 0 radical (unpaired) electrons. The zero-order chi connectivity index (χ0) is 14.9. The third-order valence-electron chi connectivity index (χ3n) is 3.33. The average molecular weight is 271 g/mol. The first kappa shape index (κ1) is 13.9. The molecule has 104 valence electrons. The first-order valence-electron chi connectivity index (χ1n) is 6.09. The molecule has 0 unspecified atom stereocenters. The Bertz CT molecular complexity index is 593. The number of dihydropyridines is 1. The van der Waals surface area contributed by atoms with Crippen molar-refractivity contribution in [2.45, 2.75) is 19.8 Å². The first-order chi connectivity index (χ1) is 9.43. The molecule has 5 heteroatoms. The second-order valence-electron chi connectivity index (χ2n) is 4.62. The van der Waals surface area contributed by atoms with Gasteiger partial charge in [0.25, 0.3) is 0 Å². The molecular weight excluding hydrogens is 258 g/mol. The van der Waals surface area contributed by atoms with Crippen molar-refractivity contribution < 1.29 is 19.8 Å². The van der Waals surface area contributed by atoms with E-state index in [2.05, 4.69) is 5.32 Å². The largest absolute Gasteiger partial charge is 0.545 e. The number of carboxylic acid groups (broad SMARTS) is 2.